The Morgan fingerprint density at radius 3 is 2.84 bits per heavy atom. The zero-order valence-electron chi connectivity index (χ0n) is 9.85. The summed E-state index contributed by atoms with van der Waals surface area (Å²) < 4.78 is 5.10. The minimum Gasteiger partial charge on any atom is -0.459 e. The molecule has 2 aromatic heterocycles. The van der Waals surface area contributed by atoms with Gasteiger partial charge in [0.1, 0.15) is 11.8 Å². The maximum Gasteiger partial charge on any atom is 0.310 e. The third kappa shape index (κ3) is 4.19. The van der Waals surface area contributed by atoms with Gasteiger partial charge in [-0.25, -0.2) is 4.98 Å². The zero-order valence-corrected chi connectivity index (χ0v) is 11.4. The number of nitrogens with zero attached hydrogens (tertiary/aromatic N) is 2. The van der Waals surface area contributed by atoms with Crippen molar-refractivity contribution in [3.8, 4) is 0 Å². The Morgan fingerprint density at radius 2 is 2.11 bits per heavy atom. The second-order valence-electron chi connectivity index (χ2n) is 3.76. The number of aromatic nitrogens is 2. The first-order valence-electron chi connectivity index (χ1n) is 5.50. The molecule has 0 aliphatic heterocycles. The van der Waals surface area contributed by atoms with Crippen molar-refractivity contribution < 1.29 is 9.53 Å². The van der Waals surface area contributed by atoms with Gasteiger partial charge in [0.2, 0.25) is 0 Å². The van der Waals surface area contributed by atoms with Gasteiger partial charge in [0.05, 0.1) is 17.1 Å². The molecule has 0 atom stereocenters. The van der Waals surface area contributed by atoms with Crippen molar-refractivity contribution >= 4 is 29.2 Å². The summed E-state index contributed by atoms with van der Waals surface area (Å²) in [5.41, 5.74) is 1.23. The van der Waals surface area contributed by atoms with Gasteiger partial charge >= 0.3 is 5.97 Å². The van der Waals surface area contributed by atoms with E-state index < -0.39 is 0 Å². The molecule has 6 heteroatoms. The predicted molar refractivity (Wildman–Crippen MR) is 72.0 cm³/mol. The highest BCUT2D eigenvalue weighted by Crippen LogP contribution is 2.17. The summed E-state index contributed by atoms with van der Waals surface area (Å²) in [4.78, 5) is 19.5. The van der Waals surface area contributed by atoms with Crippen LogP contribution >= 0.6 is 23.2 Å². The maximum absolute atomic E-state index is 11.6. The van der Waals surface area contributed by atoms with Crippen molar-refractivity contribution in [3.05, 3.63) is 58.1 Å². The van der Waals surface area contributed by atoms with E-state index in [0.29, 0.717) is 15.9 Å². The van der Waals surface area contributed by atoms with E-state index in [1.807, 2.05) is 0 Å². The number of esters is 1. The van der Waals surface area contributed by atoms with Crippen molar-refractivity contribution in [2.24, 2.45) is 0 Å². The fourth-order valence-corrected chi connectivity index (χ4v) is 1.75. The average Bonchev–Trinajstić information content (AvgIpc) is 2.41. The molecule has 0 spiro atoms. The minimum absolute atomic E-state index is 0.00150. The molecule has 0 aromatic carbocycles. The van der Waals surface area contributed by atoms with Crippen LogP contribution in [0.4, 0.5) is 0 Å². The second-order valence-corrected chi connectivity index (χ2v) is 4.56. The number of pyridine rings is 2. The molecule has 4 nitrogen and oxygen atoms in total. The first kappa shape index (κ1) is 13.8. The molecule has 0 bridgehead atoms. The summed E-state index contributed by atoms with van der Waals surface area (Å²) in [6.07, 6.45) is 3.42. The van der Waals surface area contributed by atoms with E-state index in [1.165, 1.54) is 0 Å². The molecule has 0 aliphatic rings. The van der Waals surface area contributed by atoms with Crippen LogP contribution in [0.5, 0.6) is 0 Å². The van der Waals surface area contributed by atoms with Crippen molar-refractivity contribution in [2.45, 2.75) is 13.0 Å². The first-order chi connectivity index (χ1) is 9.15. The summed E-state index contributed by atoms with van der Waals surface area (Å²) >= 11 is 11.7. The Kier molecular flexibility index (Phi) is 4.71. The van der Waals surface area contributed by atoms with E-state index in [9.17, 15) is 4.79 Å². The van der Waals surface area contributed by atoms with Gasteiger partial charge in [-0.05, 0) is 23.8 Å². The van der Waals surface area contributed by atoms with Gasteiger partial charge in [-0.1, -0.05) is 29.3 Å². The molecular weight excluding hydrogens is 287 g/mol. The van der Waals surface area contributed by atoms with E-state index in [-0.39, 0.29) is 19.0 Å². The number of halogens is 2. The normalized spacial score (nSPS) is 10.2. The summed E-state index contributed by atoms with van der Waals surface area (Å²) in [7, 11) is 0. The van der Waals surface area contributed by atoms with Gasteiger partial charge in [-0.15, -0.1) is 0 Å². The van der Waals surface area contributed by atoms with E-state index >= 15 is 0 Å². The summed E-state index contributed by atoms with van der Waals surface area (Å²) in [5.74, 6) is -0.370. The largest absolute Gasteiger partial charge is 0.459 e. The van der Waals surface area contributed by atoms with Gasteiger partial charge in [0, 0.05) is 12.4 Å². The van der Waals surface area contributed by atoms with Gasteiger partial charge in [0.15, 0.2) is 0 Å². The molecule has 0 N–H and O–H groups in total. The highest BCUT2D eigenvalue weighted by molar-refractivity contribution is 6.32. The topological polar surface area (TPSA) is 52.1 Å². The lowest BCUT2D eigenvalue weighted by atomic mass is 10.2. The number of hydrogen-bond donors (Lipinski definition) is 0. The smallest absolute Gasteiger partial charge is 0.310 e. The lowest BCUT2D eigenvalue weighted by Crippen LogP contribution is -2.09. The molecule has 2 heterocycles. The van der Waals surface area contributed by atoms with Crippen molar-refractivity contribution in [1.82, 2.24) is 9.97 Å². The Bertz CT molecular complexity index is 576. The van der Waals surface area contributed by atoms with Gasteiger partial charge < -0.3 is 4.74 Å². The first-order valence-corrected chi connectivity index (χ1v) is 6.26. The molecule has 2 aromatic rings. The van der Waals surface area contributed by atoms with Crippen molar-refractivity contribution in [3.63, 3.8) is 0 Å². The Hall–Kier alpha value is -1.65. The average molecular weight is 297 g/mol. The minimum atomic E-state index is -0.370. The van der Waals surface area contributed by atoms with E-state index in [0.717, 1.165) is 5.56 Å². The van der Waals surface area contributed by atoms with Crippen molar-refractivity contribution in [2.75, 3.05) is 0 Å². The molecule has 0 saturated heterocycles. The lowest BCUT2D eigenvalue weighted by molar-refractivity contribution is -0.144. The van der Waals surface area contributed by atoms with Crippen LogP contribution in [0.15, 0.2) is 36.7 Å². The summed E-state index contributed by atoms with van der Waals surface area (Å²) in [6, 6.07) is 6.75. The fraction of sp³-hybridized carbons (Fsp3) is 0.154. The molecule has 0 fully saturated rings. The van der Waals surface area contributed by atoms with Gasteiger partial charge in [-0.3, -0.25) is 9.78 Å². The number of carbonyl (C=O) groups is 1. The standard InChI is InChI=1S/C13H10Cl2N2O2/c14-10-3-4-12(15)17-11(10)8-19-13(18)6-9-2-1-5-16-7-9/h1-5,7H,6,8H2. The van der Waals surface area contributed by atoms with Crippen LogP contribution in [0.1, 0.15) is 11.3 Å². The monoisotopic (exact) mass is 296 g/mol. The zero-order chi connectivity index (χ0) is 13.7. The van der Waals surface area contributed by atoms with Crippen LogP contribution < -0.4 is 0 Å². The van der Waals surface area contributed by atoms with Crippen LogP contribution in [-0.4, -0.2) is 15.9 Å². The SMILES string of the molecule is O=C(Cc1cccnc1)OCc1nc(Cl)ccc1Cl. The second kappa shape index (κ2) is 6.50. The highest BCUT2D eigenvalue weighted by Gasteiger charge is 2.08. The number of ether oxygens (including phenoxy) is 1. The van der Waals surface area contributed by atoms with Gasteiger partial charge in [-0.2, -0.15) is 0 Å². The van der Waals surface area contributed by atoms with Gasteiger partial charge in [0.25, 0.3) is 0 Å². The van der Waals surface area contributed by atoms with Crippen LogP contribution in [0, 0.1) is 0 Å². The Labute approximate surface area is 120 Å². The Morgan fingerprint density at radius 1 is 1.26 bits per heavy atom. The van der Waals surface area contributed by atoms with Crippen LogP contribution in [0.25, 0.3) is 0 Å². The molecule has 98 valence electrons. The third-order valence-electron chi connectivity index (χ3n) is 2.33. The fourth-order valence-electron chi connectivity index (χ4n) is 1.43. The van der Waals surface area contributed by atoms with Crippen LogP contribution in [0.3, 0.4) is 0 Å². The lowest BCUT2D eigenvalue weighted by Gasteiger charge is -2.06. The van der Waals surface area contributed by atoms with Crippen LogP contribution in [-0.2, 0) is 22.6 Å². The number of rotatable bonds is 4. The number of carbonyl (C=O) groups excluding carboxylic acids is 1. The summed E-state index contributed by atoms with van der Waals surface area (Å²) in [5, 5.41) is 0.723. The highest BCUT2D eigenvalue weighted by atomic mass is 35.5. The maximum atomic E-state index is 11.6. The van der Waals surface area contributed by atoms with Crippen molar-refractivity contribution in [1.29, 1.82) is 0 Å². The van der Waals surface area contributed by atoms with E-state index in [2.05, 4.69) is 9.97 Å². The molecule has 0 radical (unpaired) electrons. The van der Waals surface area contributed by atoms with E-state index in [4.69, 9.17) is 27.9 Å². The molecule has 0 unspecified atom stereocenters. The molecule has 0 aliphatic carbocycles. The molecular formula is C13H10Cl2N2O2. The number of hydrogen-bond acceptors (Lipinski definition) is 4. The van der Waals surface area contributed by atoms with E-state index in [1.54, 1.807) is 36.7 Å². The molecule has 2 rings (SSSR count). The third-order valence-corrected chi connectivity index (χ3v) is 2.88. The molecule has 0 amide bonds. The summed E-state index contributed by atoms with van der Waals surface area (Å²) in [6.45, 7) is -0.00150. The molecule has 19 heavy (non-hydrogen) atoms. The van der Waals surface area contributed by atoms with Crippen LogP contribution in [0.2, 0.25) is 10.2 Å². The molecule has 0 saturated carbocycles. The Balaban J connectivity index is 1.92. The predicted octanol–water partition coefficient (Wildman–Crippen LogP) is 3.07. The quantitative estimate of drug-likeness (QED) is 0.643.